The Hall–Kier alpha value is -1.05. The van der Waals surface area contributed by atoms with Crippen LogP contribution >= 0.6 is 12.4 Å². The lowest BCUT2D eigenvalue weighted by atomic mass is 9.95. The zero-order valence-electron chi connectivity index (χ0n) is 10.3. The molecule has 0 spiro atoms. The lowest BCUT2D eigenvalue weighted by Crippen LogP contribution is -2.02. The summed E-state index contributed by atoms with van der Waals surface area (Å²) in [7, 11) is 0. The fourth-order valence-corrected chi connectivity index (χ4v) is 2.22. The Morgan fingerprint density at radius 1 is 1.06 bits per heavy atom. The van der Waals surface area contributed by atoms with Crippen LogP contribution in [0.15, 0.2) is 36.4 Å². The third kappa shape index (κ3) is 2.99. The number of rotatable bonds is 4. The summed E-state index contributed by atoms with van der Waals surface area (Å²) in [5.41, 5.74) is 8.56. The van der Waals surface area contributed by atoms with Crippen molar-refractivity contribution in [2.24, 2.45) is 5.73 Å². The fourth-order valence-electron chi connectivity index (χ4n) is 2.22. The zero-order chi connectivity index (χ0) is 11.4. The van der Waals surface area contributed by atoms with E-state index in [2.05, 4.69) is 43.3 Å². The van der Waals surface area contributed by atoms with Crippen molar-refractivity contribution in [1.29, 1.82) is 0 Å². The standard InChI is InChI=1S/C15H19N.ClH/c1-2-3-7-15-13(11-16)10-9-12-6-4-5-8-14(12)15;/h4-6,8-10H,2-3,7,11,16H2,1H3;1H. The van der Waals surface area contributed by atoms with Crippen LogP contribution in [-0.2, 0) is 13.0 Å². The molecule has 0 aliphatic carbocycles. The van der Waals surface area contributed by atoms with Crippen LogP contribution in [0.5, 0.6) is 0 Å². The van der Waals surface area contributed by atoms with E-state index < -0.39 is 0 Å². The van der Waals surface area contributed by atoms with Crippen LogP contribution in [0.2, 0.25) is 0 Å². The van der Waals surface area contributed by atoms with E-state index in [0.717, 1.165) is 6.42 Å². The molecule has 2 N–H and O–H groups in total. The van der Waals surface area contributed by atoms with Gasteiger partial charge in [0.2, 0.25) is 0 Å². The monoisotopic (exact) mass is 249 g/mol. The van der Waals surface area contributed by atoms with Gasteiger partial charge >= 0.3 is 0 Å². The van der Waals surface area contributed by atoms with E-state index in [4.69, 9.17) is 5.73 Å². The summed E-state index contributed by atoms with van der Waals surface area (Å²) in [5, 5.41) is 2.70. The Labute approximate surface area is 109 Å². The van der Waals surface area contributed by atoms with Gasteiger partial charge < -0.3 is 5.73 Å². The van der Waals surface area contributed by atoms with Gasteiger partial charge in [-0.05, 0) is 34.7 Å². The molecule has 0 bridgehead atoms. The van der Waals surface area contributed by atoms with Crippen LogP contribution in [0.1, 0.15) is 30.9 Å². The lowest BCUT2D eigenvalue weighted by Gasteiger charge is -2.11. The molecule has 0 aliphatic heterocycles. The molecular weight excluding hydrogens is 230 g/mol. The van der Waals surface area contributed by atoms with Crippen molar-refractivity contribution in [1.82, 2.24) is 0 Å². The molecule has 0 aliphatic rings. The van der Waals surface area contributed by atoms with Gasteiger partial charge in [-0.2, -0.15) is 0 Å². The number of nitrogens with two attached hydrogens (primary N) is 1. The third-order valence-corrected chi connectivity index (χ3v) is 3.14. The summed E-state index contributed by atoms with van der Waals surface area (Å²) in [5.74, 6) is 0. The van der Waals surface area contributed by atoms with Crippen LogP contribution in [0.4, 0.5) is 0 Å². The quantitative estimate of drug-likeness (QED) is 0.869. The highest BCUT2D eigenvalue weighted by molar-refractivity contribution is 5.86. The smallest absolute Gasteiger partial charge is 0.0181 e. The highest BCUT2D eigenvalue weighted by Gasteiger charge is 2.05. The first-order chi connectivity index (χ1) is 7.86. The van der Waals surface area contributed by atoms with E-state index >= 15 is 0 Å². The molecule has 0 aromatic heterocycles. The van der Waals surface area contributed by atoms with Gasteiger partial charge in [-0.15, -0.1) is 12.4 Å². The van der Waals surface area contributed by atoms with Gasteiger partial charge in [0.15, 0.2) is 0 Å². The molecule has 1 nitrogen and oxygen atoms in total. The van der Waals surface area contributed by atoms with E-state index in [1.165, 1.54) is 34.7 Å². The predicted molar refractivity (Wildman–Crippen MR) is 77.7 cm³/mol. The van der Waals surface area contributed by atoms with Gasteiger partial charge in [-0.3, -0.25) is 0 Å². The van der Waals surface area contributed by atoms with Crippen molar-refractivity contribution in [2.45, 2.75) is 32.7 Å². The van der Waals surface area contributed by atoms with E-state index in [9.17, 15) is 0 Å². The molecule has 92 valence electrons. The molecular formula is C15H20ClN. The summed E-state index contributed by atoms with van der Waals surface area (Å²) in [6, 6.07) is 12.9. The van der Waals surface area contributed by atoms with Gasteiger partial charge in [0.05, 0.1) is 0 Å². The third-order valence-electron chi connectivity index (χ3n) is 3.14. The maximum Gasteiger partial charge on any atom is 0.0181 e. The summed E-state index contributed by atoms with van der Waals surface area (Å²) in [6.07, 6.45) is 3.61. The first kappa shape index (κ1) is 14.0. The van der Waals surface area contributed by atoms with Crippen LogP contribution in [0.3, 0.4) is 0 Å². The van der Waals surface area contributed by atoms with Gasteiger partial charge in [-0.25, -0.2) is 0 Å². The van der Waals surface area contributed by atoms with Crippen LogP contribution < -0.4 is 5.73 Å². The van der Waals surface area contributed by atoms with Crippen molar-refractivity contribution < 1.29 is 0 Å². The molecule has 0 unspecified atom stereocenters. The van der Waals surface area contributed by atoms with Crippen LogP contribution in [0, 0.1) is 0 Å². The molecule has 0 saturated heterocycles. The van der Waals surface area contributed by atoms with E-state index in [1.54, 1.807) is 0 Å². The lowest BCUT2D eigenvalue weighted by molar-refractivity contribution is 0.790. The zero-order valence-corrected chi connectivity index (χ0v) is 11.1. The molecule has 0 atom stereocenters. The SMILES string of the molecule is CCCCc1c(CN)ccc2ccccc12.Cl. The minimum atomic E-state index is 0. The summed E-state index contributed by atoms with van der Waals surface area (Å²) < 4.78 is 0. The van der Waals surface area contributed by atoms with Gasteiger partial charge in [0, 0.05) is 6.54 Å². The van der Waals surface area contributed by atoms with Crippen molar-refractivity contribution in [3.05, 3.63) is 47.5 Å². The fraction of sp³-hybridized carbons (Fsp3) is 0.333. The van der Waals surface area contributed by atoms with Gasteiger partial charge in [0.25, 0.3) is 0 Å². The second-order valence-electron chi connectivity index (χ2n) is 4.23. The van der Waals surface area contributed by atoms with E-state index in [-0.39, 0.29) is 12.4 Å². The minimum Gasteiger partial charge on any atom is -0.326 e. The molecule has 2 heteroatoms. The Morgan fingerprint density at radius 2 is 1.82 bits per heavy atom. The van der Waals surface area contributed by atoms with Crippen LogP contribution in [0.25, 0.3) is 10.8 Å². The second kappa shape index (κ2) is 6.63. The van der Waals surface area contributed by atoms with Crippen molar-refractivity contribution in [3.63, 3.8) is 0 Å². The largest absolute Gasteiger partial charge is 0.326 e. The molecule has 0 radical (unpaired) electrons. The predicted octanol–water partition coefficient (Wildman–Crippen LogP) is 4.06. The molecule has 0 saturated carbocycles. The van der Waals surface area contributed by atoms with Gasteiger partial charge in [0.1, 0.15) is 0 Å². The second-order valence-corrected chi connectivity index (χ2v) is 4.23. The molecule has 17 heavy (non-hydrogen) atoms. The molecule has 0 amide bonds. The van der Waals surface area contributed by atoms with E-state index in [0.29, 0.717) is 6.54 Å². The topological polar surface area (TPSA) is 26.0 Å². The average molecular weight is 250 g/mol. The number of benzene rings is 2. The van der Waals surface area contributed by atoms with Crippen molar-refractivity contribution in [2.75, 3.05) is 0 Å². The highest BCUT2D eigenvalue weighted by Crippen LogP contribution is 2.24. The number of halogens is 1. The van der Waals surface area contributed by atoms with Gasteiger partial charge in [-0.1, -0.05) is 49.7 Å². The average Bonchev–Trinajstić information content (AvgIpc) is 2.35. The first-order valence-corrected chi connectivity index (χ1v) is 6.06. The Balaban J connectivity index is 0.00000144. The maximum absolute atomic E-state index is 5.81. The maximum atomic E-state index is 5.81. The highest BCUT2D eigenvalue weighted by atomic mass is 35.5. The molecule has 0 fully saturated rings. The summed E-state index contributed by atoms with van der Waals surface area (Å²) >= 11 is 0. The summed E-state index contributed by atoms with van der Waals surface area (Å²) in [4.78, 5) is 0. The number of aryl methyl sites for hydroxylation is 1. The Kier molecular flexibility index (Phi) is 5.46. The number of hydrogen-bond donors (Lipinski definition) is 1. The van der Waals surface area contributed by atoms with Crippen molar-refractivity contribution >= 4 is 23.2 Å². The van der Waals surface area contributed by atoms with Crippen LogP contribution in [-0.4, -0.2) is 0 Å². The molecule has 2 rings (SSSR count). The molecule has 2 aromatic rings. The number of hydrogen-bond acceptors (Lipinski definition) is 1. The van der Waals surface area contributed by atoms with Crippen molar-refractivity contribution in [3.8, 4) is 0 Å². The Bertz CT molecular complexity index is 479. The number of fused-ring (bicyclic) bond motifs is 1. The molecule has 0 heterocycles. The normalized spacial score (nSPS) is 10.2. The summed E-state index contributed by atoms with van der Waals surface area (Å²) in [6.45, 7) is 2.87. The molecule has 2 aromatic carbocycles. The Morgan fingerprint density at radius 3 is 2.53 bits per heavy atom. The first-order valence-electron chi connectivity index (χ1n) is 6.06. The van der Waals surface area contributed by atoms with E-state index in [1.807, 2.05) is 0 Å². The minimum absolute atomic E-state index is 0. The number of unbranched alkanes of at least 4 members (excludes halogenated alkanes) is 1.